The van der Waals surface area contributed by atoms with Crippen molar-refractivity contribution in [3.05, 3.63) is 33.3 Å². The Bertz CT molecular complexity index is 576. The monoisotopic (exact) mass is 288 g/mol. The molecule has 0 aliphatic carbocycles. The summed E-state index contributed by atoms with van der Waals surface area (Å²) in [5.41, 5.74) is 1.78. The van der Waals surface area contributed by atoms with Crippen LogP contribution < -0.4 is 0 Å². The molecule has 98 valence electrons. The molecule has 2 aromatic heterocycles. The Hall–Kier alpha value is -1.04. The van der Waals surface area contributed by atoms with Gasteiger partial charge in [0.05, 0.1) is 22.6 Å². The highest BCUT2D eigenvalue weighted by Crippen LogP contribution is 2.33. The van der Waals surface area contributed by atoms with Crippen LogP contribution >= 0.6 is 23.2 Å². The van der Waals surface area contributed by atoms with Crippen LogP contribution in [-0.4, -0.2) is 24.7 Å². The van der Waals surface area contributed by atoms with Crippen LogP contribution in [0.15, 0.2) is 6.20 Å². The summed E-state index contributed by atoms with van der Waals surface area (Å²) in [6, 6.07) is 0. The molecule has 0 bridgehead atoms. The first-order chi connectivity index (χ1) is 8.47. The maximum atomic E-state index is 10.5. The SMILES string of the molecule is CCn1ncc(Cl)c1C(O)c1c(C)nn(C)c1Cl. The zero-order valence-electron chi connectivity index (χ0n) is 10.4. The molecule has 0 radical (unpaired) electrons. The second kappa shape index (κ2) is 4.91. The molecule has 0 amide bonds. The van der Waals surface area contributed by atoms with Gasteiger partial charge in [-0.15, -0.1) is 0 Å². The molecule has 0 aromatic carbocycles. The Morgan fingerprint density at radius 2 is 2.11 bits per heavy atom. The zero-order valence-corrected chi connectivity index (χ0v) is 11.9. The highest BCUT2D eigenvalue weighted by atomic mass is 35.5. The smallest absolute Gasteiger partial charge is 0.133 e. The Morgan fingerprint density at radius 3 is 2.61 bits per heavy atom. The van der Waals surface area contributed by atoms with E-state index in [0.717, 1.165) is 0 Å². The lowest BCUT2D eigenvalue weighted by molar-refractivity contribution is 0.207. The summed E-state index contributed by atoms with van der Waals surface area (Å²) in [5, 5.41) is 19.6. The number of halogens is 2. The van der Waals surface area contributed by atoms with Crippen molar-refractivity contribution in [2.24, 2.45) is 7.05 Å². The molecule has 0 aliphatic rings. The second-order valence-corrected chi connectivity index (χ2v) is 4.77. The summed E-state index contributed by atoms with van der Waals surface area (Å²) in [4.78, 5) is 0. The average molecular weight is 289 g/mol. The van der Waals surface area contributed by atoms with Gasteiger partial charge in [-0.05, 0) is 13.8 Å². The van der Waals surface area contributed by atoms with E-state index in [0.29, 0.717) is 33.7 Å². The van der Waals surface area contributed by atoms with Crippen LogP contribution in [0.4, 0.5) is 0 Å². The van der Waals surface area contributed by atoms with Gasteiger partial charge in [0.2, 0.25) is 0 Å². The summed E-state index contributed by atoms with van der Waals surface area (Å²) in [7, 11) is 1.73. The van der Waals surface area contributed by atoms with E-state index < -0.39 is 6.10 Å². The second-order valence-electron chi connectivity index (χ2n) is 4.01. The topological polar surface area (TPSA) is 55.9 Å². The van der Waals surface area contributed by atoms with E-state index in [1.54, 1.807) is 18.7 Å². The maximum Gasteiger partial charge on any atom is 0.133 e. The molecule has 1 unspecified atom stereocenters. The number of aryl methyl sites for hydroxylation is 3. The van der Waals surface area contributed by atoms with Crippen LogP contribution in [0, 0.1) is 6.92 Å². The Morgan fingerprint density at radius 1 is 1.44 bits per heavy atom. The van der Waals surface area contributed by atoms with E-state index in [9.17, 15) is 5.11 Å². The lowest BCUT2D eigenvalue weighted by Crippen LogP contribution is -2.10. The first-order valence-electron chi connectivity index (χ1n) is 5.55. The molecule has 18 heavy (non-hydrogen) atoms. The summed E-state index contributed by atoms with van der Waals surface area (Å²) >= 11 is 12.2. The molecule has 0 spiro atoms. The van der Waals surface area contributed by atoms with Crippen molar-refractivity contribution in [1.82, 2.24) is 19.6 Å². The number of hydrogen-bond donors (Lipinski definition) is 1. The van der Waals surface area contributed by atoms with Crippen molar-refractivity contribution >= 4 is 23.2 Å². The molecule has 1 N–H and O–H groups in total. The van der Waals surface area contributed by atoms with Crippen LogP contribution in [0.5, 0.6) is 0 Å². The fraction of sp³-hybridized carbons (Fsp3) is 0.455. The molecule has 5 nitrogen and oxygen atoms in total. The van der Waals surface area contributed by atoms with E-state index in [-0.39, 0.29) is 0 Å². The lowest BCUT2D eigenvalue weighted by Gasteiger charge is -2.13. The van der Waals surface area contributed by atoms with Gasteiger partial charge in [-0.1, -0.05) is 23.2 Å². The predicted molar refractivity (Wildman–Crippen MR) is 69.9 cm³/mol. The van der Waals surface area contributed by atoms with E-state index >= 15 is 0 Å². The summed E-state index contributed by atoms with van der Waals surface area (Å²) in [6.45, 7) is 4.35. The molecule has 2 rings (SSSR count). The molecule has 0 aliphatic heterocycles. The summed E-state index contributed by atoms with van der Waals surface area (Å²) in [5.74, 6) is 0. The summed E-state index contributed by atoms with van der Waals surface area (Å²) < 4.78 is 3.17. The van der Waals surface area contributed by atoms with Gasteiger partial charge in [-0.2, -0.15) is 10.2 Å². The van der Waals surface area contributed by atoms with Gasteiger partial charge in [-0.3, -0.25) is 9.36 Å². The zero-order chi connectivity index (χ0) is 13.4. The van der Waals surface area contributed by atoms with Crippen molar-refractivity contribution in [3.8, 4) is 0 Å². The van der Waals surface area contributed by atoms with Gasteiger partial charge in [-0.25, -0.2) is 0 Å². The summed E-state index contributed by atoms with van der Waals surface area (Å²) in [6.07, 6.45) is 0.588. The van der Waals surface area contributed by atoms with Crippen LogP contribution in [0.3, 0.4) is 0 Å². The number of hydrogen-bond acceptors (Lipinski definition) is 3. The highest BCUT2D eigenvalue weighted by Gasteiger charge is 2.26. The van der Waals surface area contributed by atoms with Crippen LogP contribution in [-0.2, 0) is 13.6 Å². The number of aromatic nitrogens is 4. The van der Waals surface area contributed by atoms with Crippen LogP contribution in [0.1, 0.15) is 30.0 Å². The molecule has 7 heteroatoms. The van der Waals surface area contributed by atoms with Gasteiger partial charge in [0, 0.05) is 19.2 Å². The molecular formula is C11H14Cl2N4O. The molecular weight excluding hydrogens is 275 g/mol. The van der Waals surface area contributed by atoms with Gasteiger partial charge in [0.1, 0.15) is 11.3 Å². The molecule has 0 saturated carbocycles. The minimum atomic E-state index is -0.929. The number of nitrogens with zero attached hydrogens (tertiary/aromatic N) is 4. The molecule has 2 aromatic rings. The molecule has 1 atom stereocenters. The Labute approximate surface area is 115 Å². The standard InChI is InChI=1S/C11H14Cl2N4O/c1-4-17-9(7(12)5-14-17)10(18)8-6(2)15-16(3)11(8)13/h5,10,18H,4H2,1-3H3. The number of aliphatic hydroxyl groups is 1. The third kappa shape index (κ3) is 2.02. The van der Waals surface area contributed by atoms with E-state index in [1.807, 2.05) is 6.92 Å². The third-order valence-electron chi connectivity index (χ3n) is 2.86. The van der Waals surface area contributed by atoms with Gasteiger partial charge in [0.15, 0.2) is 0 Å². The van der Waals surface area contributed by atoms with Gasteiger partial charge in [0.25, 0.3) is 0 Å². The first-order valence-corrected chi connectivity index (χ1v) is 6.31. The third-order valence-corrected chi connectivity index (χ3v) is 3.60. The van der Waals surface area contributed by atoms with Gasteiger partial charge < -0.3 is 5.11 Å². The van der Waals surface area contributed by atoms with E-state index in [4.69, 9.17) is 23.2 Å². The normalized spacial score (nSPS) is 13.0. The van der Waals surface area contributed by atoms with Crippen molar-refractivity contribution in [2.45, 2.75) is 26.5 Å². The predicted octanol–water partition coefficient (Wildman–Crippen LogP) is 2.33. The minimum Gasteiger partial charge on any atom is -0.382 e. The van der Waals surface area contributed by atoms with Crippen LogP contribution in [0.2, 0.25) is 10.2 Å². The van der Waals surface area contributed by atoms with Gasteiger partial charge >= 0.3 is 0 Å². The molecule has 0 saturated heterocycles. The van der Waals surface area contributed by atoms with E-state index in [1.165, 1.54) is 10.9 Å². The van der Waals surface area contributed by atoms with Crippen LogP contribution in [0.25, 0.3) is 0 Å². The molecule has 2 heterocycles. The quantitative estimate of drug-likeness (QED) is 0.943. The lowest BCUT2D eigenvalue weighted by atomic mass is 10.1. The number of rotatable bonds is 3. The fourth-order valence-electron chi connectivity index (χ4n) is 1.99. The average Bonchev–Trinajstić information content (AvgIpc) is 2.80. The Kier molecular flexibility index (Phi) is 3.66. The highest BCUT2D eigenvalue weighted by molar-refractivity contribution is 6.31. The fourth-order valence-corrected chi connectivity index (χ4v) is 2.51. The minimum absolute atomic E-state index is 0.403. The van der Waals surface area contributed by atoms with Crippen molar-refractivity contribution in [1.29, 1.82) is 0 Å². The number of aliphatic hydroxyl groups excluding tert-OH is 1. The molecule has 0 fully saturated rings. The maximum absolute atomic E-state index is 10.5. The first kappa shape index (κ1) is 13.4. The Balaban J connectivity index is 2.54. The van der Waals surface area contributed by atoms with Crippen molar-refractivity contribution < 1.29 is 5.11 Å². The van der Waals surface area contributed by atoms with Crippen molar-refractivity contribution in [3.63, 3.8) is 0 Å². The van der Waals surface area contributed by atoms with Crippen molar-refractivity contribution in [2.75, 3.05) is 0 Å². The van der Waals surface area contributed by atoms with E-state index in [2.05, 4.69) is 10.2 Å². The largest absolute Gasteiger partial charge is 0.382 e.